The quantitative estimate of drug-likeness (QED) is 0.266. The number of ether oxygens (including phenoxy) is 2. The van der Waals surface area contributed by atoms with E-state index in [0.29, 0.717) is 13.0 Å². The molecule has 0 atom stereocenters. The first-order valence-corrected chi connectivity index (χ1v) is 13.7. The van der Waals surface area contributed by atoms with Crippen molar-refractivity contribution in [3.05, 3.63) is 48.0 Å². The fraction of sp³-hybridized carbons (Fsp3) is 0.462. The number of nitrogens with zero attached hydrogens (tertiary/aromatic N) is 3. The maximum Gasteiger partial charge on any atom is 0.228 e. The van der Waals surface area contributed by atoms with Crippen molar-refractivity contribution in [2.75, 3.05) is 57.2 Å². The number of aryl methyl sites for hydroxylation is 1. The van der Waals surface area contributed by atoms with Crippen LogP contribution in [-0.4, -0.2) is 68.0 Å². The smallest absolute Gasteiger partial charge is 0.228 e. The summed E-state index contributed by atoms with van der Waals surface area (Å²) in [4.78, 5) is 23.6. The average molecular weight is 500 g/mol. The topological polar surface area (TPSA) is 54.9 Å². The number of anilines is 1. The molecule has 3 aromatic rings. The molecule has 0 radical (unpaired) electrons. The molecule has 34 heavy (non-hydrogen) atoms. The fourth-order valence-electron chi connectivity index (χ4n) is 3.96. The van der Waals surface area contributed by atoms with E-state index >= 15 is 0 Å². The predicted octanol–water partition coefficient (Wildman–Crippen LogP) is 5.24. The Balaban J connectivity index is 1.35. The molecule has 1 amide bonds. The van der Waals surface area contributed by atoms with Crippen molar-refractivity contribution < 1.29 is 14.3 Å². The number of aromatic nitrogens is 1. The second kappa shape index (κ2) is 12.5. The van der Waals surface area contributed by atoms with Crippen LogP contribution in [0.3, 0.4) is 0 Å². The van der Waals surface area contributed by atoms with E-state index in [1.165, 1.54) is 10.5 Å². The summed E-state index contributed by atoms with van der Waals surface area (Å²) >= 11 is 3.39. The molecular formula is C26H33N3O3S2. The third-order valence-electron chi connectivity index (χ3n) is 5.89. The van der Waals surface area contributed by atoms with Crippen LogP contribution < -0.4 is 9.64 Å². The third kappa shape index (κ3) is 6.95. The molecule has 4 rings (SSSR count). The van der Waals surface area contributed by atoms with Gasteiger partial charge in [-0.3, -0.25) is 14.6 Å². The highest BCUT2D eigenvalue weighted by atomic mass is 32.2. The summed E-state index contributed by atoms with van der Waals surface area (Å²) in [6, 6.07) is 14.3. The lowest BCUT2D eigenvalue weighted by Crippen LogP contribution is -2.39. The minimum atomic E-state index is 0.160. The number of thiazole rings is 1. The Labute approximate surface area is 210 Å². The molecule has 0 unspecified atom stereocenters. The molecule has 1 aromatic heterocycles. The first-order chi connectivity index (χ1) is 16.6. The molecule has 6 nitrogen and oxygen atoms in total. The van der Waals surface area contributed by atoms with Gasteiger partial charge in [-0.15, -0.1) is 11.8 Å². The van der Waals surface area contributed by atoms with E-state index in [4.69, 9.17) is 14.5 Å². The molecule has 0 saturated carbocycles. The molecule has 2 heterocycles. The molecule has 2 aromatic carbocycles. The fourth-order valence-corrected chi connectivity index (χ4v) is 5.92. The Morgan fingerprint density at radius 3 is 2.74 bits per heavy atom. The van der Waals surface area contributed by atoms with Crippen LogP contribution in [0, 0.1) is 6.92 Å². The molecule has 1 fully saturated rings. The van der Waals surface area contributed by atoms with Crippen LogP contribution in [0.5, 0.6) is 5.75 Å². The van der Waals surface area contributed by atoms with Gasteiger partial charge in [0.05, 0.1) is 30.5 Å². The highest BCUT2D eigenvalue weighted by molar-refractivity contribution is 7.99. The molecule has 0 aliphatic carbocycles. The molecule has 1 aliphatic rings. The van der Waals surface area contributed by atoms with Gasteiger partial charge in [0.2, 0.25) is 5.91 Å². The minimum Gasteiger partial charge on any atom is -0.497 e. The van der Waals surface area contributed by atoms with Crippen molar-refractivity contribution in [1.29, 1.82) is 0 Å². The maximum atomic E-state index is 13.3. The summed E-state index contributed by atoms with van der Waals surface area (Å²) in [5.41, 5.74) is 2.18. The Morgan fingerprint density at radius 1 is 1.18 bits per heavy atom. The highest BCUT2D eigenvalue weighted by Gasteiger charge is 2.20. The lowest BCUT2D eigenvalue weighted by Gasteiger charge is -2.27. The van der Waals surface area contributed by atoms with E-state index in [1.54, 1.807) is 30.2 Å². The van der Waals surface area contributed by atoms with Crippen molar-refractivity contribution in [2.24, 2.45) is 0 Å². The van der Waals surface area contributed by atoms with Gasteiger partial charge in [-0.05, 0) is 67.5 Å². The second-order valence-electron chi connectivity index (χ2n) is 8.45. The molecule has 0 bridgehead atoms. The van der Waals surface area contributed by atoms with Gasteiger partial charge in [0.15, 0.2) is 5.13 Å². The zero-order valence-electron chi connectivity index (χ0n) is 20.0. The van der Waals surface area contributed by atoms with Crippen LogP contribution >= 0.6 is 23.1 Å². The Bertz CT molecular complexity index is 1060. The number of hydrogen-bond donors (Lipinski definition) is 0. The summed E-state index contributed by atoms with van der Waals surface area (Å²) in [6.45, 7) is 7.29. The number of morpholine rings is 1. The summed E-state index contributed by atoms with van der Waals surface area (Å²) in [7, 11) is 1.67. The lowest BCUT2D eigenvalue weighted by atomic mass is 10.2. The van der Waals surface area contributed by atoms with Crippen LogP contribution in [0.2, 0.25) is 0 Å². The maximum absolute atomic E-state index is 13.3. The van der Waals surface area contributed by atoms with Crippen molar-refractivity contribution in [3.63, 3.8) is 0 Å². The molecule has 0 N–H and O–H groups in total. The zero-order valence-corrected chi connectivity index (χ0v) is 21.6. The Morgan fingerprint density at radius 2 is 1.97 bits per heavy atom. The molecule has 1 aliphatic heterocycles. The first kappa shape index (κ1) is 25.0. The van der Waals surface area contributed by atoms with Crippen LogP contribution in [-0.2, 0) is 9.53 Å². The molecule has 1 saturated heterocycles. The third-order valence-corrected chi connectivity index (χ3v) is 8.03. The number of benzene rings is 2. The van der Waals surface area contributed by atoms with Gasteiger partial charge >= 0.3 is 0 Å². The number of thioether (sulfide) groups is 1. The molecule has 8 heteroatoms. The summed E-state index contributed by atoms with van der Waals surface area (Å²) in [6.07, 6.45) is 2.29. The Kier molecular flexibility index (Phi) is 9.21. The van der Waals surface area contributed by atoms with Gasteiger partial charge < -0.3 is 9.47 Å². The van der Waals surface area contributed by atoms with E-state index in [1.807, 2.05) is 23.1 Å². The summed E-state index contributed by atoms with van der Waals surface area (Å²) in [5, 5.41) is 0.815. The SMILES string of the molecule is COc1ccc(SCCCC(=O)N(CCCN2CCOCC2)c2nc3ccc(C)cc3s2)cc1. The zero-order chi connectivity index (χ0) is 23.8. The highest BCUT2D eigenvalue weighted by Crippen LogP contribution is 2.30. The van der Waals surface area contributed by atoms with Gasteiger partial charge in [0.25, 0.3) is 0 Å². The van der Waals surface area contributed by atoms with Gasteiger partial charge in [-0.25, -0.2) is 4.98 Å². The number of hydrogen-bond acceptors (Lipinski definition) is 7. The van der Waals surface area contributed by atoms with E-state index < -0.39 is 0 Å². The van der Waals surface area contributed by atoms with Crippen molar-refractivity contribution in [3.8, 4) is 5.75 Å². The average Bonchev–Trinajstić information content (AvgIpc) is 3.28. The predicted molar refractivity (Wildman–Crippen MR) is 142 cm³/mol. The Hall–Kier alpha value is -2.13. The first-order valence-electron chi connectivity index (χ1n) is 11.9. The lowest BCUT2D eigenvalue weighted by molar-refractivity contribution is -0.118. The van der Waals surface area contributed by atoms with Gasteiger partial charge in [0, 0.05) is 37.5 Å². The number of carbonyl (C=O) groups excluding carboxylic acids is 1. The second-order valence-corrected chi connectivity index (χ2v) is 10.6. The van der Waals surface area contributed by atoms with Crippen molar-refractivity contribution >= 4 is 44.4 Å². The molecular weight excluding hydrogens is 466 g/mol. The van der Waals surface area contributed by atoms with E-state index in [0.717, 1.165) is 72.5 Å². The standard InChI is InChI=1S/C26H33N3O3S2/c1-20-6-11-23-24(19-20)34-26(27-23)29(13-4-12-28-14-16-32-17-15-28)25(30)5-3-18-33-22-9-7-21(31-2)8-10-22/h6-11,19H,3-5,12-18H2,1-2H3. The van der Waals surface area contributed by atoms with Crippen LogP contribution in [0.4, 0.5) is 5.13 Å². The molecule has 0 spiro atoms. The number of rotatable bonds is 11. The van der Waals surface area contributed by atoms with E-state index in [9.17, 15) is 4.79 Å². The summed E-state index contributed by atoms with van der Waals surface area (Å²) in [5.74, 6) is 1.92. The van der Waals surface area contributed by atoms with Gasteiger partial charge in [0.1, 0.15) is 5.75 Å². The minimum absolute atomic E-state index is 0.160. The number of fused-ring (bicyclic) bond motifs is 1. The largest absolute Gasteiger partial charge is 0.497 e. The van der Waals surface area contributed by atoms with Gasteiger partial charge in [-0.2, -0.15) is 0 Å². The van der Waals surface area contributed by atoms with Crippen LogP contribution in [0.1, 0.15) is 24.8 Å². The van der Waals surface area contributed by atoms with E-state index in [-0.39, 0.29) is 5.91 Å². The van der Waals surface area contributed by atoms with Crippen LogP contribution in [0.25, 0.3) is 10.2 Å². The van der Waals surface area contributed by atoms with E-state index in [2.05, 4.69) is 36.1 Å². The monoisotopic (exact) mass is 499 g/mol. The number of amides is 1. The molecule has 182 valence electrons. The van der Waals surface area contributed by atoms with Crippen molar-refractivity contribution in [1.82, 2.24) is 9.88 Å². The summed E-state index contributed by atoms with van der Waals surface area (Å²) < 4.78 is 11.8. The van der Waals surface area contributed by atoms with Crippen molar-refractivity contribution in [2.45, 2.75) is 31.1 Å². The number of methoxy groups -OCH3 is 1. The van der Waals surface area contributed by atoms with Gasteiger partial charge in [-0.1, -0.05) is 17.4 Å². The number of carbonyl (C=O) groups is 1. The normalized spacial score (nSPS) is 14.4. The van der Waals surface area contributed by atoms with Crippen LogP contribution in [0.15, 0.2) is 47.4 Å².